The van der Waals surface area contributed by atoms with E-state index in [9.17, 15) is 4.39 Å². The van der Waals surface area contributed by atoms with Crippen molar-refractivity contribution in [3.63, 3.8) is 0 Å². The summed E-state index contributed by atoms with van der Waals surface area (Å²) in [5.74, 6) is 0.260. The molecule has 0 aliphatic rings. The second-order valence-corrected chi connectivity index (χ2v) is 4.66. The molecule has 4 heteroatoms. The number of ether oxygens (including phenoxy) is 1. The molecule has 106 valence electrons. The summed E-state index contributed by atoms with van der Waals surface area (Å²) in [6.07, 6.45) is 2.81. The van der Waals surface area contributed by atoms with Gasteiger partial charge in [-0.05, 0) is 37.1 Å². The van der Waals surface area contributed by atoms with Gasteiger partial charge in [-0.15, -0.1) is 0 Å². The molecule has 0 saturated carbocycles. The Kier molecular flexibility index (Phi) is 4.93. The lowest BCUT2D eigenvalue weighted by molar-refractivity contribution is 0.298. The van der Waals surface area contributed by atoms with Gasteiger partial charge in [-0.3, -0.25) is 4.98 Å². The molecule has 0 aliphatic carbocycles. The normalized spacial score (nSPS) is 10.3. The minimum Gasteiger partial charge on any atom is -0.487 e. The minimum absolute atomic E-state index is 0.295. The topological polar surface area (TPSA) is 34.2 Å². The lowest BCUT2D eigenvalue weighted by atomic mass is 10.2. The average molecular weight is 274 g/mol. The summed E-state index contributed by atoms with van der Waals surface area (Å²) in [6, 6.07) is 8.40. The third-order valence-electron chi connectivity index (χ3n) is 2.92. The van der Waals surface area contributed by atoms with Gasteiger partial charge in [-0.1, -0.05) is 13.0 Å². The van der Waals surface area contributed by atoms with Crippen LogP contribution in [0.1, 0.15) is 24.6 Å². The van der Waals surface area contributed by atoms with Gasteiger partial charge in [-0.2, -0.15) is 0 Å². The number of halogens is 1. The van der Waals surface area contributed by atoms with Crippen molar-refractivity contribution < 1.29 is 9.13 Å². The van der Waals surface area contributed by atoms with E-state index in [2.05, 4.69) is 17.2 Å². The summed E-state index contributed by atoms with van der Waals surface area (Å²) >= 11 is 0. The van der Waals surface area contributed by atoms with Crippen LogP contribution in [0.4, 0.5) is 10.1 Å². The molecule has 0 aliphatic heterocycles. The van der Waals surface area contributed by atoms with Gasteiger partial charge in [0, 0.05) is 24.5 Å². The first-order chi connectivity index (χ1) is 9.69. The Morgan fingerprint density at radius 2 is 2.10 bits per heavy atom. The summed E-state index contributed by atoms with van der Waals surface area (Å²) in [4.78, 5) is 4.26. The van der Waals surface area contributed by atoms with Crippen molar-refractivity contribution in [1.29, 1.82) is 0 Å². The van der Waals surface area contributed by atoms with Crippen molar-refractivity contribution in [2.75, 3.05) is 11.9 Å². The van der Waals surface area contributed by atoms with Crippen LogP contribution in [0.3, 0.4) is 0 Å². The van der Waals surface area contributed by atoms with Crippen molar-refractivity contribution in [3.8, 4) is 5.75 Å². The van der Waals surface area contributed by atoms with Crippen molar-refractivity contribution in [2.24, 2.45) is 0 Å². The lowest BCUT2D eigenvalue weighted by Crippen LogP contribution is -2.03. The second-order valence-electron chi connectivity index (χ2n) is 4.66. The monoisotopic (exact) mass is 274 g/mol. The summed E-state index contributed by atoms with van der Waals surface area (Å²) < 4.78 is 18.8. The molecular formula is C16H19FN2O. The number of nitrogens with zero attached hydrogens (tertiary/aromatic N) is 1. The molecule has 0 fully saturated rings. The minimum atomic E-state index is -0.295. The third-order valence-corrected chi connectivity index (χ3v) is 2.92. The van der Waals surface area contributed by atoms with Crippen molar-refractivity contribution in [1.82, 2.24) is 4.98 Å². The fourth-order valence-electron chi connectivity index (χ4n) is 1.82. The van der Waals surface area contributed by atoms with Crippen LogP contribution < -0.4 is 10.1 Å². The van der Waals surface area contributed by atoms with Crippen LogP contribution in [0.2, 0.25) is 0 Å². The van der Waals surface area contributed by atoms with Crippen molar-refractivity contribution >= 4 is 5.69 Å². The molecular weight excluding hydrogens is 255 g/mol. The molecule has 1 aromatic heterocycles. The van der Waals surface area contributed by atoms with Crippen molar-refractivity contribution in [3.05, 3.63) is 53.6 Å². The summed E-state index contributed by atoms with van der Waals surface area (Å²) in [5, 5.41) is 3.30. The second kappa shape index (κ2) is 6.89. The van der Waals surface area contributed by atoms with Crippen LogP contribution in [0.5, 0.6) is 5.75 Å². The Morgan fingerprint density at radius 1 is 1.25 bits per heavy atom. The van der Waals surface area contributed by atoms with E-state index in [1.54, 1.807) is 12.3 Å². The zero-order valence-corrected chi connectivity index (χ0v) is 11.8. The Hall–Kier alpha value is -2.10. The van der Waals surface area contributed by atoms with E-state index >= 15 is 0 Å². The van der Waals surface area contributed by atoms with E-state index in [4.69, 9.17) is 4.74 Å². The molecule has 3 nitrogen and oxygen atoms in total. The van der Waals surface area contributed by atoms with Gasteiger partial charge < -0.3 is 10.1 Å². The first kappa shape index (κ1) is 14.3. The lowest BCUT2D eigenvalue weighted by Gasteiger charge is -2.10. The standard InChI is InChI=1S/C16H19FN2O/c1-3-7-18-14-6-8-19-15(10-14)11-20-16-9-13(17)5-4-12(16)2/h4-6,8-10H,3,7,11H2,1-2H3,(H,18,19). The number of nitrogens with one attached hydrogen (secondary N) is 1. The predicted octanol–water partition coefficient (Wildman–Crippen LogP) is 3.93. The first-order valence-electron chi connectivity index (χ1n) is 6.77. The number of pyridine rings is 1. The van der Waals surface area contributed by atoms with E-state index in [0.717, 1.165) is 29.9 Å². The van der Waals surface area contributed by atoms with Crippen LogP contribution in [0, 0.1) is 12.7 Å². The molecule has 0 atom stereocenters. The maximum Gasteiger partial charge on any atom is 0.130 e. The fraction of sp³-hybridized carbons (Fsp3) is 0.312. The van der Waals surface area contributed by atoms with Gasteiger partial charge in [-0.25, -0.2) is 4.39 Å². The highest BCUT2D eigenvalue weighted by molar-refractivity contribution is 5.43. The van der Waals surface area contributed by atoms with Crippen molar-refractivity contribution in [2.45, 2.75) is 26.9 Å². The number of aromatic nitrogens is 1. The molecule has 0 amide bonds. The zero-order chi connectivity index (χ0) is 14.4. The van der Waals surface area contributed by atoms with E-state index < -0.39 is 0 Å². The first-order valence-corrected chi connectivity index (χ1v) is 6.77. The smallest absolute Gasteiger partial charge is 0.130 e. The molecule has 0 radical (unpaired) electrons. The molecule has 1 aromatic carbocycles. The number of benzene rings is 1. The molecule has 0 unspecified atom stereocenters. The highest BCUT2D eigenvalue weighted by Gasteiger charge is 2.03. The SMILES string of the molecule is CCCNc1ccnc(COc2cc(F)ccc2C)c1. The average Bonchev–Trinajstić information content (AvgIpc) is 2.46. The maximum atomic E-state index is 13.2. The van der Waals surface area contributed by atoms with Crippen LogP contribution in [-0.2, 0) is 6.61 Å². The van der Waals surface area contributed by atoms with Crippen LogP contribution in [0.25, 0.3) is 0 Å². The molecule has 2 rings (SSSR count). The Morgan fingerprint density at radius 3 is 2.90 bits per heavy atom. The number of anilines is 1. The van der Waals surface area contributed by atoms with E-state index in [1.165, 1.54) is 12.1 Å². The molecule has 1 N–H and O–H groups in total. The summed E-state index contributed by atoms with van der Waals surface area (Å²) in [6.45, 7) is 5.26. The van der Waals surface area contributed by atoms with Gasteiger partial charge >= 0.3 is 0 Å². The molecule has 2 aromatic rings. The largest absolute Gasteiger partial charge is 0.487 e. The zero-order valence-electron chi connectivity index (χ0n) is 11.8. The molecule has 0 bridgehead atoms. The quantitative estimate of drug-likeness (QED) is 0.866. The van der Waals surface area contributed by atoms with E-state index in [-0.39, 0.29) is 5.82 Å². The van der Waals surface area contributed by atoms with E-state index in [1.807, 2.05) is 19.1 Å². The van der Waals surface area contributed by atoms with Crippen LogP contribution in [-0.4, -0.2) is 11.5 Å². The maximum absolute atomic E-state index is 13.2. The predicted molar refractivity (Wildman–Crippen MR) is 78.5 cm³/mol. The Labute approximate surface area is 118 Å². The van der Waals surface area contributed by atoms with Gasteiger partial charge in [0.2, 0.25) is 0 Å². The highest BCUT2D eigenvalue weighted by atomic mass is 19.1. The van der Waals surface area contributed by atoms with Gasteiger partial charge in [0.25, 0.3) is 0 Å². The molecule has 0 saturated heterocycles. The highest BCUT2D eigenvalue weighted by Crippen LogP contribution is 2.20. The Bertz CT molecular complexity index is 572. The van der Waals surface area contributed by atoms with Crippen LogP contribution >= 0.6 is 0 Å². The van der Waals surface area contributed by atoms with Crippen LogP contribution in [0.15, 0.2) is 36.5 Å². The number of hydrogen-bond acceptors (Lipinski definition) is 3. The number of hydrogen-bond donors (Lipinski definition) is 1. The van der Waals surface area contributed by atoms with Gasteiger partial charge in [0.15, 0.2) is 0 Å². The molecule has 0 spiro atoms. The summed E-state index contributed by atoms with van der Waals surface area (Å²) in [7, 11) is 0. The number of aryl methyl sites for hydroxylation is 1. The fourth-order valence-corrected chi connectivity index (χ4v) is 1.82. The molecule has 1 heterocycles. The summed E-state index contributed by atoms with van der Waals surface area (Å²) in [5.41, 5.74) is 2.75. The number of rotatable bonds is 6. The third kappa shape index (κ3) is 3.95. The van der Waals surface area contributed by atoms with E-state index in [0.29, 0.717) is 12.4 Å². The van der Waals surface area contributed by atoms with Gasteiger partial charge in [0.1, 0.15) is 18.2 Å². The molecule has 20 heavy (non-hydrogen) atoms. The van der Waals surface area contributed by atoms with Gasteiger partial charge in [0.05, 0.1) is 5.69 Å². The Balaban J connectivity index is 2.01.